The van der Waals surface area contributed by atoms with Crippen LogP contribution in [0.4, 0.5) is 11.4 Å². The third-order valence-corrected chi connectivity index (χ3v) is 3.90. The SMILES string of the molecule is CCOC(=O)/C=C/C(=O)Nc1ccc(NC(=O)C(C)Oc2ccccc2Cl)cc1. The number of hydrogen-bond acceptors (Lipinski definition) is 5. The van der Waals surface area contributed by atoms with E-state index in [4.69, 9.17) is 21.1 Å². The molecule has 0 aliphatic carbocycles. The fraction of sp³-hybridized carbons (Fsp3) is 0.190. The van der Waals surface area contributed by atoms with Gasteiger partial charge in [-0.1, -0.05) is 23.7 Å². The molecule has 0 aliphatic heterocycles. The van der Waals surface area contributed by atoms with Crippen LogP contribution in [0.3, 0.4) is 0 Å². The summed E-state index contributed by atoms with van der Waals surface area (Å²) in [5, 5.41) is 5.74. The zero-order valence-corrected chi connectivity index (χ0v) is 16.7. The highest BCUT2D eigenvalue weighted by Crippen LogP contribution is 2.24. The van der Waals surface area contributed by atoms with Gasteiger partial charge in [-0.05, 0) is 50.2 Å². The summed E-state index contributed by atoms with van der Waals surface area (Å²) in [5.74, 6) is -0.990. The average molecular weight is 417 g/mol. The number of hydrogen-bond donors (Lipinski definition) is 2. The van der Waals surface area contributed by atoms with Gasteiger partial charge in [-0.3, -0.25) is 9.59 Å². The zero-order valence-electron chi connectivity index (χ0n) is 16.0. The van der Waals surface area contributed by atoms with Gasteiger partial charge in [0.25, 0.3) is 5.91 Å². The van der Waals surface area contributed by atoms with Gasteiger partial charge in [0, 0.05) is 23.5 Å². The summed E-state index contributed by atoms with van der Waals surface area (Å²) in [5.41, 5.74) is 1.03. The topological polar surface area (TPSA) is 93.7 Å². The zero-order chi connectivity index (χ0) is 21.2. The van der Waals surface area contributed by atoms with E-state index < -0.39 is 18.0 Å². The number of carbonyl (C=O) groups excluding carboxylic acids is 3. The van der Waals surface area contributed by atoms with Gasteiger partial charge in [0.15, 0.2) is 6.10 Å². The number of esters is 1. The molecular weight excluding hydrogens is 396 g/mol. The predicted octanol–water partition coefficient (Wildman–Crippen LogP) is 3.80. The molecule has 0 heterocycles. The van der Waals surface area contributed by atoms with E-state index in [1.807, 2.05) is 0 Å². The highest BCUT2D eigenvalue weighted by molar-refractivity contribution is 6.32. The third-order valence-electron chi connectivity index (χ3n) is 3.59. The second-order valence-electron chi connectivity index (χ2n) is 5.83. The fourth-order valence-corrected chi connectivity index (χ4v) is 2.36. The van der Waals surface area contributed by atoms with E-state index in [1.165, 1.54) is 0 Å². The summed E-state index contributed by atoms with van der Waals surface area (Å²) in [6.07, 6.45) is 1.37. The highest BCUT2D eigenvalue weighted by Gasteiger charge is 2.16. The van der Waals surface area contributed by atoms with Crippen molar-refractivity contribution in [3.8, 4) is 5.75 Å². The Balaban J connectivity index is 1.88. The van der Waals surface area contributed by atoms with Crippen molar-refractivity contribution >= 4 is 40.8 Å². The van der Waals surface area contributed by atoms with Crippen LogP contribution in [-0.4, -0.2) is 30.5 Å². The van der Waals surface area contributed by atoms with Crippen LogP contribution < -0.4 is 15.4 Å². The Morgan fingerprint density at radius 2 is 1.62 bits per heavy atom. The van der Waals surface area contributed by atoms with Gasteiger partial charge in [0.05, 0.1) is 11.6 Å². The quantitative estimate of drug-likeness (QED) is 0.504. The molecule has 0 bridgehead atoms. The fourth-order valence-electron chi connectivity index (χ4n) is 2.18. The Morgan fingerprint density at radius 3 is 2.24 bits per heavy atom. The van der Waals surface area contributed by atoms with E-state index in [9.17, 15) is 14.4 Å². The van der Waals surface area contributed by atoms with Gasteiger partial charge in [0.2, 0.25) is 5.91 Å². The number of halogens is 1. The normalized spacial score (nSPS) is 11.6. The second kappa shape index (κ2) is 10.9. The molecule has 7 nitrogen and oxygen atoms in total. The van der Waals surface area contributed by atoms with E-state index >= 15 is 0 Å². The first-order valence-electron chi connectivity index (χ1n) is 8.87. The van der Waals surface area contributed by atoms with Crippen LogP contribution in [0.25, 0.3) is 0 Å². The van der Waals surface area contributed by atoms with E-state index in [-0.39, 0.29) is 12.5 Å². The minimum atomic E-state index is -0.762. The molecule has 0 aromatic heterocycles. The molecule has 2 aromatic rings. The highest BCUT2D eigenvalue weighted by atomic mass is 35.5. The monoisotopic (exact) mass is 416 g/mol. The van der Waals surface area contributed by atoms with Crippen molar-refractivity contribution in [2.75, 3.05) is 17.2 Å². The molecule has 2 aromatic carbocycles. The average Bonchev–Trinajstić information content (AvgIpc) is 2.70. The number of anilines is 2. The number of nitrogens with one attached hydrogen (secondary N) is 2. The first-order chi connectivity index (χ1) is 13.9. The summed E-state index contributed by atoms with van der Waals surface area (Å²) in [7, 11) is 0. The Bertz CT molecular complexity index is 896. The van der Waals surface area contributed by atoms with Gasteiger partial charge in [-0.25, -0.2) is 4.79 Å². The Morgan fingerprint density at radius 1 is 1.00 bits per heavy atom. The molecule has 1 atom stereocenters. The van der Waals surface area contributed by atoms with Crippen molar-refractivity contribution in [3.05, 3.63) is 65.7 Å². The summed E-state index contributed by atoms with van der Waals surface area (Å²) in [6.45, 7) is 3.53. The van der Waals surface area contributed by atoms with Crippen LogP contribution in [0.15, 0.2) is 60.7 Å². The number of carbonyl (C=O) groups is 3. The minimum absolute atomic E-state index is 0.236. The first kappa shape index (κ1) is 22.0. The molecule has 29 heavy (non-hydrogen) atoms. The van der Waals surface area contributed by atoms with Crippen LogP contribution in [0.1, 0.15) is 13.8 Å². The van der Waals surface area contributed by atoms with Gasteiger partial charge in [0.1, 0.15) is 5.75 Å². The van der Waals surface area contributed by atoms with E-state index in [0.717, 1.165) is 12.2 Å². The Labute approximate surface area is 173 Å². The van der Waals surface area contributed by atoms with Gasteiger partial charge in [-0.2, -0.15) is 0 Å². The van der Waals surface area contributed by atoms with Gasteiger partial charge in [-0.15, -0.1) is 0 Å². The van der Waals surface area contributed by atoms with E-state index in [2.05, 4.69) is 10.6 Å². The molecule has 2 N–H and O–H groups in total. The first-order valence-corrected chi connectivity index (χ1v) is 9.24. The third kappa shape index (κ3) is 7.31. The summed E-state index contributed by atoms with van der Waals surface area (Å²) < 4.78 is 10.3. The van der Waals surface area contributed by atoms with Gasteiger partial charge >= 0.3 is 5.97 Å². The van der Waals surface area contributed by atoms with Crippen LogP contribution in [0.2, 0.25) is 5.02 Å². The van der Waals surface area contributed by atoms with E-state index in [1.54, 1.807) is 62.4 Å². The van der Waals surface area contributed by atoms with Crippen LogP contribution in [-0.2, 0) is 19.1 Å². The summed E-state index contributed by atoms with van der Waals surface area (Å²) >= 11 is 6.03. The van der Waals surface area contributed by atoms with Crippen LogP contribution in [0, 0.1) is 0 Å². The number of rotatable bonds is 8. The van der Waals surface area contributed by atoms with Crippen LogP contribution >= 0.6 is 11.6 Å². The van der Waals surface area contributed by atoms with Crippen molar-refractivity contribution in [3.63, 3.8) is 0 Å². The number of para-hydroxylation sites is 1. The lowest BCUT2D eigenvalue weighted by Gasteiger charge is -2.15. The minimum Gasteiger partial charge on any atom is -0.479 e. The van der Waals surface area contributed by atoms with Crippen molar-refractivity contribution < 1.29 is 23.9 Å². The largest absolute Gasteiger partial charge is 0.479 e. The van der Waals surface area contributed by atoms with Crippen molar-refractivity contribution in [2.24, 2.45) is 0 Å². The van der Waals surface area contributed by atoms with Crippen LogP contribution in [0.5, 0.6) is 5.75 Å². The maximum absolute atomic E-state index is 12.3. The molecule has 8 heteroatoms. The summed E-state index contributed by atoms with van der Waals surface area (Å²) in [4.78, 5) is 35.3. The maximum atomic E-state index is 12.3. The molecule has 0 aliphatic rings. The maximum Gasteiger partial charge on any atom is 0.330 e. The molecule has 0 fully saturated rings. The molecule has 2 amide bonds. The van der Waals surface area contributed by atoms with Gasteiger partial charge < -0.3 is 20.1 Å². The molecule has 0 saturated heterocycles. The van der Waals surface area contributed by atoms with E-state index in [0.29, 0.717) is 22.1 Å². The second-order valence-corrected chi connectivity index (χ2v) is 6.24. The molecular formula is C21H21ClN2O5. The number of ether oxygens (including phenoxy) is 2. The lowest BCUT2D eigenvalue weighted by molar-refractivity contribution is -0.137. The molecule has 0 saturated carbocycles. The molecule has 1 unspecified atom stereocenters. The molecule has 0 radical (unpaired) electrons. The number of benzene rings is 2. The lowest BCUT2D eigenvalue weighted by Crippen LogP contribution is -2.30. The number of amides is 2. The van der Waals surface area contributed by atoms with Crippen molar-refractivity contribution in [1.29, 1.82) is 0 Å². The van der Waals surface area contributed by atoms with Crippen molar-refractivity contribution in [2.45, 2.75) is 20.0 Å². The molecule has 2 rings (SSSR count). The smallest absolute Gasteiger partial charge is 0.330 e. The Hall–Kier alpha value is -3.32. The predicted molar refractivity (Wildman–Crippen MR) is 111 cm³/mol. The molecule has 0 spiro atoms. The molecule has 152 valence electrons. The standard InChI is InChI=1S/C21H21ClN2O5/c1-3-28-20(26)13-12-19(25)23-15-8-10-16(11-9-15)24-21(27)14(2)29-18-7-5-4-6-17(18)22/h4-14H,3H2,1-2H3,(H,23,25)(H,24,27)/b13-12+. The van der Waals surface area contributed by atoms with Crippen molar-refractivity contribution in [1.82, 2.24) is 0 Å². The lowest BCUT2D eigenvalue weighted by atomic mass is 10.2. The summed E-state index contributed by atoms with van der Waals surface area (Å²) in [6, 6.07) is 13.4. The Kier molecular flexibility index (Phi) is 8.24.